The van der Waals surface area contributed by atoms with E-state index in [2.05, 4.69) is 13.8 Å². The Balaban J connectivity index is 2.27. The summed E-state index contributed by atoms with van der Waals surface area (Å²) < 4.78 is 0. The third kappa shape index (κ3) is 0.898. The van der Waals surface area contributed by atoms with Crippen LogP contribution >= 0.6 is 0 Å². The smallest absolute Gasteiger partial charge is 0.167 e. The topological polar surface area (TPSA) is 77.8 Å². The maximum absolute atomic E-state index is 12.0. The second-order valence-electron chi connectivity index (χ2n) is 7.36. The summed E-state index contributed by atoms with van der Waals surface area (Å²) in [6.45, 7) is 5.57. The highest BCUT2D eigenvalue weighted by atomic mass is 16.4. The molecular weight excluding hydrogens is 232 g/mol. The van der Waals surface area contributed by atoms with Crippen molar-refractivity contribution in [3.05, 3.63) is 0 Å². The first-order chi connectivity index (χ1) is 8.04. The SMILES string of the molecule is CC1(C)CCC2(O)C(C)(O)C3(O)CC12CCC3=O. The Morgan fingerprint density at radius 1 is 1.00 bits per heavy atom. The monoisotopic (exact) mass is 254 g/mol. The summed E-state index contributed by atoms with van der Waals surface area (Å²) in [5.41, 5.74) is -5.60. The molecule has 4 heteroatoms. The molecule has 0 heterocycles. The molecule has 4 nitrogen and oxygen atoms in total. The highest BCUT2D eigenvalue weighted by Gasteiger charge is 2.83. The number of rotatable bonds is 0. The van der Waals surface area contributed by atoms with Gasteiger partial charge in [0.1, 0.15) is 11.2 Å². The van der Waals surface area contributed by atoms with Crippen LogP contribution in [0.15, 0.2) is 0 Å². The van der Waals surface area contributed by atoms with E-state index in [9.17, 15) is 20.1 Å². The summed E-state index contributed by atoms with van der Waals surface area (Å²) in [6, 6.07) is 0. The first-order valence-corrected chi connectivity index (χ1v) is 6.75. The number of carbonyl (C=O) groups excluding carboxylic acids is 1. The number of hydrogen-bond donors (Lipinski definition) is 3. The van der Waals surface area contributed by atoms with Gasteiger partial charge in [0.15, 0.2) is 11.4 Å². The van der Waals surface area contributed by atoms with Crippen LogP contribution in [-0.2, 0) is 4.79 Å². The highest BCUT2D eigenvalue weighted by molar-refractivity contribution is 5.91. The third-order valence-corrected chi connectivity index (χ3v) is 6.61. The van der Waals surface area contributed by atoms with Crippen LogP contribution in [0.4, 0.5) is 0 Å². The minimum atomic E-state index is -1.78. The standard InChI is InChI=1S/C14H22O4/c1-10(2)6-7-14(18)11(3,16)13(17)8-12(10,14)5-4-9(13)15/h16-18H,4-8H2,1-3H3. The summed E-state index contributed by atoms with van der Waals surface area (Å²) in [7, 11) is 0. The summed E-state index contributed by atoms with van der Waals surface area (Å²) in [5, 5.41) is 32.5. The second kappa shape index (κ2) is 2.84. The fraction of sp³-hybridized carbons (Fsp3) is 0.929. The van der Waals surface area contributed by atoms with Gasteiger partial charge in [-0.25, -0.2) is 0 Å². The van der Waals surface area contributed by atoms with Crippen molar-refractivity contribution in [2.45, 2.75) is 69.7 Å². The minimum Gasteiger partial charge on any atom is -0.386 e. The van der Waals surface area contributed by atoms with E-state index in [4.69, 9.17) is 0 Å². The molecule has 2 bridgehead atoms. The van der Waals surface area contributed by atoms with E-state index in [1.807, 2.05) is 0 Å². The number of aliphatic hydroxyl groups is 3. The van der Waals surface area contributed by atoms with Crippen LogP contribution in [0.25, 0.3) is 0 Å². The van der Waals surface area contributed by atoms with E-state index in [1.165, 1.54) is 6.92 Å². The van der Waals surface area contributed by atoms with Crippen molar-refractivity contribution in [1.82, 2.24) is 0 Å². The minimum absolute atomic E-state index is 0.170. The summed E-state index contributed by atoms with van der Waals surface area (Å²) in [4.78, 5) is 12.0. The van der Waals surface area contributed by atoms with Crippen LogP contribution in [-0.4, -0.2) is 37.9 Å². The lowest BCUT2D eigenvalue weighted by molar-refractivity contribution is -0.207. The van der Waals surface area contributed by atoms with Gasteiger partial charge in [-0.3, -0.25) is 4.79 Å². The van der Waals surface area contributed by atoms with Gasteiger partial charge in [-0.05, 0) is 38.0 Å². The normalized spacial score (nSPS) is 57.8. The molecule has 3 aliphatic carbocycles. The van der Waals surface area contributed by atoms with E-state index < -0.39 is 22.2 Å². The average molecular weight is 254 g/mol. The van der Waals surface area contributed by atoms with Gasteiger partial charge < -0.3 is 15.3 Å². The molecule has 0 saturated heterocycles. The van der Waals surface area contributed by atoms with Crippen molar-refractivity contribution in [2.75, 3.05) is 0 Å². The van der Waals surface area contributed by atoms with Crippen molar-refractivity contribution < 1.29 is 20.1 Å². The van der Waals surface area contributed by atoms with Gasteiger partial charge in [-0.2, -0.15) is 0 Å². The average Bonchev–Trinajstić information content (AvgIpc) is 2.52. The van der Waals surface area contributed by atoms with Gasteiger partial charge in [0.05, 0.1) is 0 Å². The van der Waals surface area contributed by atoms with E-state index >= 15 is 0 Å². The van der Waals surface area contributed by atoms with Crippen LogP contribution in [0.5, 0.6) is 0 Å². The fourth-order valence-corrected chi connectivity index (χ4v) is 5.11. The first-order valence-electron chi connectivity index (χ1n) is 6.75. The maximum atomic E-state index is 12.0. The molecule has 4 atom stereocenters. The maximum Gasteiger partial charge on any atom is 0.167 e. The lowest BCUT2D eigenvalue weighted by Crippen LogP contribution is -2.63. The molecule has 18 heavy (non-hydrogen) atoms. The number of hydrogen-bond acceptors (Lipinski definition) is 4. The van der Waals surface area contributed by atoms with Gasteiger partial charge in [-0.1, -0.05) is 13.8 Å². The van der Waals surface area contributed by atoms with Gasteiger partial charge >= 0.3 is 0 Å². The summed E-state index contributed by atoms with van der Waals surface area (Å²) in [6.07, 6.45) is 2.26. The van der Waals surface area contributed by atoms with Crippen LogP contribution in [0.2, 0.25) is 0 Å². The molecule has 3 N–H and O–H groups in total. The molecule has 0 aromatic heterocycles. The fourth-order valence-electron chi connectivity index (χ4n) is 5.11. The van der Waals surface area contributed by atoms with Crippen molar-refractivity contribution in [3.63, 3.8) is 0 Å². The van der Waals surface area contributed by atoms with Crippen molar-refractivity contribution in [2.24, 2.45) is 10.8 Å². The zero-order chi connectivity index (χ0) is 13.6. The molecule has 0 aromatic rings. The molecule has 1 spiro atoms. The quantitative estimate of drug-likeness (QED) is 0.597. The van der Waals surface area contributed by atoms with E-state index in [-0.39, 0.29) is 24.0 Å². The zero-order valence-electron chi connectivity index (χ0n) is 11.3. The Morgan fingerprint density at radius 3 is 2.22 bits per heavy atom. The number of fused-ring (bicyclic) bond motifs is 1. The van der Waals surface area contributed by atoms with Gasteiger partial charge in [0, 0.05) is 11.8 Å². The third-order valence-electron chi connectivity index (χ3n) is 6.61. The molecule has 3 saturated carbocycles. The molecule has 3 rings (SSSR count). The predicted molar refractivity (Wildman–Crippen MR) is 64.8 cm³/mol. The molecule has 0 aliphatic heterocycles. The van der Waals surface area contributed by atoms with Gasteiger partial charge in [0.2, 0.25) is 0 Å². The van der Waals surface area contributed by atoms with Crippen LogP contribution in [0.1, 0.15) is 52.9 Å². The zero-order valence-corrected chi connectivity index (χ0v) is 11.3. The summed E-state index contributed by atoms with van der Waals surface area (Å²) >= 11 is 0. The van der Waals surface area contributed by atoms with E-state index in [0.29, 0.717) is 12.8 Å². The van der Waals surface area contributed by atoms with Crippen LogP contribution in [0.3, 0.4) is 0 Å². The Morgan fingerprint density at radius 2 is 1.61 bits per heavy atom. The predicted octanol–water partition coefficient (Wildman–Crippen LogP) is 0.773. The van der Waals surface area contributed by atoms with Crippen molar-refractivity contribution in [3.8, 4) is 0 Å². The molecule has 3 aliphatic rings. The number of Topliss-reactive ketones (excluding diaryl/α,β-unsaturated/α-hetero) is 1. The Hall–Kier alpha value is -0.450. The second-order valence-corrected chi connectivity index (χ2v) is 7.36. The van der Waals surface area contributed by atoms with Crippen molar-refractivity contribution in [1.29, 1.82) is 0 Å². The highest BCUT2D eigenvalue weighted by Crippen LogP contribution is 2.74. The molecule has 4 unspecified atom stereocenters. The lowest BCUT2D eigenvalue weighted by atomic mass is 9.58. The molecular formula is C14H22O4. The molecule has 3 fully saturated rings. The number of carbonyl (C=O) groups is 1. The molecule has 0 radical (unpaired) electrons. The van der Waals surface area contributed by atoms with E-state index in [0.717, 1.165) is 6.42 Å². The lowest BCUT2D eigenvalue weighted by Gasteiger charge is -2.47. The first kappa shape index (κ1) is 12.6. The van der Waals surface area contributed by atoms with Gasteiger partial charge in [-0.15, -0.1) is 0 Å². The Bertz CT molecular complexity index is 441. The van der Waals surface area contributed by atoms with Crippen LogP contribution < -0.4 is 0 Å². The largest absolute Gasteiger partial charge is 0.386 e. The molecule has 0 aromatic carbocycles. The van der Waals surface area contributed by atoms with Crippen molar-refractivity contribution >= 4 is 5.78 Å². The Kier molecular flexibility index (Phi) is 1.98. The Labute approximate surface area is 107 Å². The van der Waals surface area contributed by atoms with E-state index in [1.54, 1.807) is 0 Å². The number of ketones is 1. The molecule has 102 valence electrons. The van der Waals surface area contributed by atoms with Gasteiger partial charge in [0.25, 0.3) is 0 Å². The molecule has 0 amide bonds. The summed E-state index contributed by atoms with van der Waals surface area (Å²) in [5.74, 6) is -0.322. The van der Waals surface area contributed by atoms with Crippen LogP contribution in [0, 0.1) is 10.8 Å².